The molecular formula is C48H52FN9O6. The number of piperidine rings is 2. The van der Waals surface area contributed by atoms with Gasteiger partial charge in [0.05, 0.1) is 33.5 Å². The molecule has 5 amide bonds. The number of nitriles is 1. The minimum atomic E-state index is -1.000. The zero-order valence-corrected chi connectivity index (χ0v) is 36.5. The number of rotatable bonds is 10. The molecule has 1 unspecified atom stereocenters. The number of imide groups is 2. The van der Waals surface area contributed by atoms with Gasteiger partial charge in [-0.3, -0.25) is 44.1 Å². The fourth-order valence-corrected chi connectivity index (χ4v) is 11.4. The average molecular weight is 870 g/mol. The fourth-order valence-electron chi connectivity index (χ4n) is 11.4. The molecule has 64 heavy (non-hydrogen) atoms. The van der Waals surface area contributed by atoms with E-state index in [4.69, 9.17) is 15.5 Å². The highest BCUT2D eigenvalue weighted by molar-refractivity contribution is 6.23. The summed E-state index contributed by atoms with van der Waals surface area (Å²) in [4.78, 5) is 80.6. The minimum Gasteiger partial charge on any atom is -0.489 e. The molecule has 4 aromatic rings. The summed E-state index contributed by atoms with van der Waals surface area (Å²) in [5.74, 6) is -2.37. The van der Waals surface area contributed by atoms with Gasteiger partial charge in [0.2, 0.25) is 11.8 Å². The maximum Gasteiger partial charge on any atom is 0.262 e. The van der Waals surface area contributed by atoms with E-state index in [1.54, 1.807) is 30.5 Å². The highest BCUT2D eigenvalue weighted by Crippen LogP contribution is 2.65. The van der Waals surface area contributed by atoms with Gasteiger partial charge in [0.1, 0.15) is 24.0 Å². The van der Waals surface area contributed by atoms with E-state index in [1.165, 1.54) is 6.07 Å². The van der Waals surface area contributed by atoms with Crippen LogP contribution in [0, 0.1) is 33.9 Å². The molecule has 1 atom stereocenters. The van der Waals surface area contributed by atoms with Gasteiger partial charge in [-0.15, -0.1) is 0 Å². The summed E-state index contributed by atoms with van der Waals surface area (Å²) in [5.41, 5.74) is 7.76. The van der Waals surface area contributed by atoms with Crippen molar-refractivity contribution in [2.75, 3.05) is 55.6 Å². The van der Waals surface area contributed by atoms with Crippen LogP contribution in [0.1, 0.15) is 108 Å². The van der Waals surface area contributed by atoms with E-state index in [9.17, 15) is 29.2 Å². The van der Waals surface area contributed by atoms with Gasteiger partial charge in [-0.1, -0.05) is 27.7 Å². The minimum absolute atomic E-state index is 0.0714. The average Bonchev–Trinajstić information content (AvgIpc) is 3.52. The SMILES string of the molecule is CC1(C)C(Oc2ccc(C#N)c3ncccc23)C(C)(C)C1c1nc(N2CCC(CCN3CCN(c4ccc5c(c4)C(=O)N(C4CCC(=O)NC4=O)C5=O)CC3)CC2)c(F)cc1C(N)=O. The van der Waals surface area contributed by atoms with Crippen LogP contribution in [0.3, 0.4) is 0 Å². The number of nitrogens with zero attached hydrogens (tertiary/aromatic N) is 7. The monoisotopic (exact) mass is 869 g/mol. The molecule has 2 aromatic heterocycles. The Morgan fingerprint density at radius 3 is 2.33 bits per heavy atom. The number of hydrogen-bond acceptors (Lipinski definition) is 12. The predicted molar refractivity (Wildman–Crippen MR) is 235 cm³/mol. The number of hydrogen-bond donors (Lipinski definition) is 2. The van der Waals surface area contributed by atoms with Crippen molar-refractivity contribution in [2.24, 2.45) is 22.5 Å². The lowest BCUT2D eigenvalue weighted by atomic mass is 9.44. The van der Waals surface area contributed by atoms with Gasteiger partial charge in [0, 0.05) is 79.7 Å². The molecule has 4 fully saturated rings. The number of ether oxygens (including phenoxy) is 1. The van der Waals surface area contributed by atoms with E-state index in [0.717, 1.165) is 68.0 Å². The van der Waals surface area contributed by atoms with Crippen LogP contribution in [0.5, 0.6) is 5.75 Å². The number of primary amides is 1. The molecule has 0 radical (unpaired) electrons. The highest BCUT2D eigenvalue weighted by atomic mass is 19.1. The standard InChI is InChI=1S/C48H52FN9O6/c1-47(2)40(48(3,4)46(47)64-36-11-7-28(26-50)38-31(36)6-5-16-52-38)39-33(41(51)60)25-34(49)42(54-39)57-18-14-27(15-19-57)13-17-55-20-22-56(23-21-55)29-8-9-30-32(24-29)45(63)58(44(30)62)35-10-12-37(59)53-43(35)61/h5-9,11,16,24-25,27,35,40,46H,10,12-15,17-23H2,1-4H3,(H2,51,60)(H,53,59,61). The molecule has 2 aromatic carbocycles. The number of carbonyl (C=O) groups is 5. The Morgan fingerprint density at radius 1 is 0.922 bits per heavy atom. The molecule has 15 nitrogen and oxygen atoms in total. The Balaban J connectivity index is 0.808. The van der Waals surface area contributed by atoms with Crippen LogP contribution < -0.4 is 25.6 Å². The third kappa shape index (κ3) is 7.29. The topological polar surface area (TPSA) is 195 Å². The van der Waals surface area contributed by atoms with Crippen LogP contribution in [-0.4, -0.2) is 107 Å². The number of nitrogens with two attached hydrogens (primary N) is 1. The van der Waals surface area contributed by atoms with Crippen LogP contribution in [-0.2, 0) is 9.59 Å². The quantitative estimate of drug-likeness (QED) is 0.199. The van der Waals surface area contributed by atoms with Crippen LogP contribution in [0.4, 0.5) is 15.9 Å². The molecule has 3 N–H and O–H groups in total. The maximum absolute atomic E-state index is 15.9. The number of nitrogens with one attached hydrogen (secondary N) is 1. The summed E-state index contributed by atoms with van der Waals surface area (Å²) in [6.07, 6.45) is 4.25. The molecule has 0 spiro atoms. The smallest absolute Gasteiger partial charge is 0.262 e. The molecule has 4 aliphatic heterocycles. The van der Waals surface area contributed by atoms with Gasteiger partial charge in [-0.25, -0.2) is 9.37 Å². The number of pyridine rings is 2. The number of amides is 5. The molecule has 1 saturated carbocycles. The van der Waals surface area contributed by atoms with Crippen molar-refractivity contribution in [2.45, 2.75) is 77.9 Å². The Hall–Kier alpha value is -6.47. The highest BCUT2D eigenvalue weighted by Gasteiger charge is 2.65. The van der Waals surface area contributed by atoms with E-state index < -0.39 is 52.2 Å². The summed E-state index contributed by atoms with van der Waals surface area (Å²) in [6, 6.07) is 14.9. The Labute approximate surface area is 370 Å². The van der Waals surface area contributed by atoms with E-state index in [2.05, 4.69) is 53.9 Å². The van der Waals surface area contributed by atoms with Crippen molar-refractivity contribution in [3.8, 4) is 11.8 Å². The third-order valence-corrected chi connectivity index (χ3v) is 14.4. The number of fused-ring (bicyclic) bond motifs is 2. The third-order valence-electron chi connectivity index (χ3n) is 14.4. The van der Waals surface area contributed by atoms with Crippen molar-refractivity contribution in [1.82, 2.24) is 25.1 Å². The Bertz CT molecular complexity index is 2630. The first-order valence-corrected chi connectivity index (χ1v) is 22.1. The Kier molecular flexibility index (Phi) is 10.9. The lowest BCUT2D eigenvalue weighted by molar-refractivity contribution is -0.161. The van der Waals surface area contributed by atoms with E-state index in [0.29, 0.717) is 41.5 Å². The molecule has 16 heteroatoms. The molecule has 1 aliphatic carbocycles. The molecule has 332 valence electrons. The van der Waals surface area contributed by atoms with Gasteiger partial charge in [-0.2, -0.15) is 5.26 Å². The largest absolute Gasteiger partial charge is 0.489 e. The van der Waals surface area contributed by atoms with Gasteiger partial charge < -0.3 is 20.3 Å². The zero-order chi connectivity index (χ0) is 45.2. The molecule has 3 saturated heterocycles. The molecule has 5 aliphatic rings. The van der Waals surface area contributed by atoms with E-state index >= 15 is 4.39 Å². The zero-order valence-electron chi connectivity index (χ0n) is 36.5. The molecular weight excluding hydrogens is 818 g/mol. The molecule has 9 rings (SSSR count). The summed E-state index contributed by atoms with van der Waals surface area (Å²) in [6.45, 7) is 13.6. The first-order valence-electron chi connectivity index (χ1n) is 22.1. The van der Waals surface area contributed by atoms with Gasteiger partial charge >= 0.3 is 0 Å². The van der Waals surface area contributed by atoms with Crippen LogP contribution >= 0.6 is 0 Å². The fraction of sp³-hybridized carbons (Fsp3) is 0.458. The maximum atomic E-state index is 15.9. The Morgan fingerprint density at radius 2 is 1.64 bits per heavy atom. The van der Waals surface area contributed by atoms with Crippen molar-refractivity contribution in [3.05, 3.63) is 88.5 Å². The van der Waals surface area contributed by atoms with E-state index in [1.807, 2.05) is 23.1 Å². The lowest BCUT2D eigenvalue weighted by Gasteiger charge is -2.63. The second-order valence-corrected chi connectivity index (χ2v) is 19.0. The number of piperazine rings is 1. The van der Waals surface area contributed by atoms with Crippen molar-refractivity contribution in [1.29, 1.82) is 5.26 Å². The number of carbonyl (C=O) groups excluding carboxylic acids is 5. The van der Waals surface area contributed by atoms with Gasteiger partial charge in [0.15, 0.2) is 11.6 Å². The second-order valence-electron chi connectivity index (χ2n) is 19.0. The van der Waals surface area contributed by atoms with Crippen LogP contribution in [0.15, 0.2) is 54.7 Å². The van der Waals surface area contributed by atoms with Crippen LogP contribution in [0.25, 0.3) is 10.9 Å². The summed E-state index contributed by atoms with van der Waals surface area (Å²) in [7, 11) is 0. The van der Waals surface area contributed by atoms with E-state index in [-0.39, 0.29) is 47.4 Å². The molecule has 0 bridgehead atoms. The summed E-state index contributed by atoms with van der Waals surface area (Å²) in [5, 5.41) is 12.6. The van der Waals surface area contributed by atoms with Crippen molar-refractivity contribution in [3.63, 3.8) is 0 Å². The number of anilines is 2. The van der Waals surface area contributed by atoms with Crippen LogP contribution in [0.2, 0.25) is 0 Å². The van der Waals surface area contributed by atoms with Gasteiger partial charge in [0.25, 0.3) is 17.7 Å². The first-order chi connectivity index (χ1) is 30.6. The molecule has 6 heterocycles. The summed E-state index contributed by atoms with van der Waals surface area (Å²) >= 11 is 0. The van der Waals surface area contributed by atoms with Crippen molar-refractivity contribution < 1.29 is 33.1 Å². The number of halogens is 1. The summed E-state index contributed by atoms with van der Waals surface area (Å²) < 4.78 is 22.7. The second kappa shape index (κ2) is 16.3. The predicted octanol–water partition coefficient (Wildman–Crippen LogP) is 5.17. The van der Waals surface area contributed by atoms with Crippen molar-refractivity contribution >= 4 is 51.9 Å². The first kappa shape index (κ1) is 42.8. The lowest BCUT2D eigenvalue weighted by Crippen LogP contribution is -2.64. The number of aromatic nitrogens is 2. The van der Waals surface area contributed by atoms with Gasteiger partial charge in [-0.05, 0) is 86.7 Å². The number of benzene rings is 2. The normalized spacial score (nSPS) is 23.4.